The first-order valence-corrected chi connectivity index (χ1v) is 4.35. The Kier molecular flexibility index (Phi) is 2.45. The Bertz CT molecular complexity index is 522. The Morgan fingerprint density at radius 2 is 2.20 bits per heavy atom. The van der Waals surface area contributed by atoms with Gasteiger partial charge in [-0.05, 0) is 6.07 Å². The lowest BCUT2D eigenvalue weighted by atomic mass is 10.4. The first-order valence-electron chi connectivity index (χ1n) is 4.35. The molecular weight excluding hydrogens is 194 g/mol. The van der Waals surface area contributed by atoms with Crippen LogP contribution in [-0.4, -0.2) is 21.6 Å². The molecule has 0 saturated carbocycles. The fraction of sp³-hybridized carbons (Fsp3) is 0.100. The topological polar surface area (TPSA) is 57.0 Å². The summed E-state index contributed by atoms with van der Waals surface area (Å²) in [6.45, 7) is 0. The van der Waals surface area contributed by atoms with E-state index in [4.69, 9.17) is 4.74 Å². The van der Waals surface area contributed by atoms with E-state index < -0.39 is 0 Å². The molecule has 2 aromatic rings. The monoisotopic (exact) mass is 203 g/mol. The third kappa shape index (κ3) is 1.85. The largest absolute Gasteiger partial charge is 0.480 e. The average molecular weight is 203 g/mol. The molecule has 15 heavy (non-hydrogen) atoms. The minimum atomic E-state index is -0.153. The van der Waals surface area contributed by atoms with Gasteiger partial charge in [0, 0.05) is 12.3 Å². The van der Waals surface area contributed by atoms with Gasteiger partial charge in [0.1, 0.15) is 0 Å². The number of rotatable bonds is 2. The van der Waals surface area contributed by atoms with Gasteiger partial charge in [-0.2, -0.15) is 4.98 Å². The predicted molar refractivity (Wildman–Crippen MR) is 54.2 cm³/mol. The van der Waals surface area contributed by atoms with Crippen LogP contribution in [0.4, 0.5) is 0 Å². The number of pyridine rings is 1. The summed E-state index contributed by atoms with van der Waals surface area (Å²) in [5.41, 5.74) is -0.153. The molecule has 0 fully saturated rings. The van der Waals surface area contributed by atoms with E-state index in [0.29, 0.717) is 11.7 Å². The molecule has 0 aromatic carbocycles. The summed E-state index contributed by atoms with van der Waals surface area (Å²) in [6.07, 6.45) is 4.62. The second-order valence-electron chi connectivity index (χ2n) is 2.83. The summed E-state index contributed by atoms with van der Waals surface area (Å²) < 4.78 is 6.33. The standard InChI is InChI=1S/C10H9N3O2/c1-15-9-7-11-6-8(12-9)13-5-3-2-4-10(13)14/h2-7H,1H3. The van der Waals surface area contributed by atoms with Crippen LogP contribution in [0.5, 0.6) is 5.88 Å². The molecule has 2 aromatic heterocycles. The highest BCUT2D eigenvalue weighted by atomic mass is 16.5. The van der Waals surface area contributed by atoms with Crippen molar-refractivity contribution in [2.24, 2.45) is 0 Å². The number of hydrogen-bond acceptors (Lipinski definition) is 4. The van der Waals surface area contributed by atoms with Crippen molar-refractivity contribution in [2.75, 3.05) is 7.11 Å². The van der Waals surface area contributed by atoms with E-state index in [0.717, 1.165) is 0 Å². The van der Waals surface area contributed by atoms with Crippen molar-refractivity contribution in [1.82, 2.24) is 14.5 Å². The van der Waals surface area contributed by atoms with Gasteiger partial charge in [0.05, 0.1) is 19.5 Å². The SMILES string of the molecule is COc1cncc(-n2ccccc2=O)n1. The highest BCUT2D eigenvalue weighted by Gasteiger charge is 2.01. The molecule has 0 radical (unpaired) electrons. The van der Waals surface area contributed by atoms with Gasteiger partial charge in [0.25, 0.3) is 5.56 Å². The number of methoxy groups -OCH3 is 1. The van der Waals surface area contributed by atoms with Crippen molar-refractivity contribution in [2.45, 2.75) is 0 Å². The van der Waals surface area contributed by atoms with Crippen molar-refractivity contribution in [3.8, 4) is 11.7 Å². The van der Waals surface area contributed by atoms with Crippen LogP contribution >= 0.6 is 0 Å². The third-order valence-electron chi connectivity index (χ3n) is 1.88. The molecule has 5 heteroatoms. The van der Waals surface area contributed by atoms with Gasteiger partial charge in [-0.3, -0.25) is 14.3 Å². The Hall–Kier alpha value is -2.17. The molecule has 0 atom stereocenters. The predicted octanol–water partition coefficient (Wildman–Crippen LogP) is 0.636. The smallest absolute Gasteiger partial charge is 0.256 e. The van der Waals surface area contributed by atoms with Crippen molar-refractivity contribution < 1.29 is 4.74 Å². The van der Waals surface area contributed by atoms with Crippen LogP contribution in [0.3, 0.4) is 0 Å². The van der Waals surface area contributed by atoms with Crippen molar-refractivity contribution >= 4 is 0 Å². The maximum Gasteiger partial charge on any atom is 0.256 e. The zero-order valence-corrected chi connectivity index (χ0v) is 8.12. The zero-order valence-electron chi connectivity index (χ0n) is 8.12. The quantitative estimate of drug-likeness (QED) is 0.718. The first-order chi connectivity index (χ1) is 7.31. The molecule has 0 aliphatic carbocycles. The van der Waals surface area contributed by atoms with Crippen molar-refractivity contribution in [3.05, 3.63) is 47.1 Å². The molecule has 2 rings (SSSR count). The van der Waals surface area contributed by atoms with E-state index in [1.807, 2.05) is 0 Å². The molecule has 0 aliphatic rings. The van der Waals surface area contributed by atoms with E-state index in [1.54, 1.807) is 18.3 Å². The Balaban J connectivity index is 2.54. The van der Waals surface area contributed by atoms with Gasteiger partial charge in [-0.15, -0.1) is 0 Å². The maximum absolute atomic E-state index is 11.5. The van der Waals surface area contributed by atoms with Crippen LogP contribution in [0.15, 0.2) is 41.6 Å². The molecule has 0 bridgehead atoms. The van der Waals surface area contributed by atoms with E-state index in [2.05, 4.69) is 9.97 Å². The summed E-state index contributed by atoms with van der Waals surface area (Å²) in [5, 5.41) is 0. The van der Waals surface area contributed by atoms with Gasteiger partial charge in [-0.25, -0.2) is 0 Å². The second kappa shape index (κ2) is 3.91. The Morgan fingerprint density at radius 1 is 1.33 bits per heavy atom. The van der Waals surface area contributed by atoms with E-state index in [9.17, 15) is 4.79 Å². The second-order valence-corrected chi connectivity index (χ2v) is 2.83. The lowest BCUT2D eigenvalue weighted by Crippen LogP contribution is -2.17. The molecule has 76 valence electrons. The Labute approximate surface area is 86.0 Å². The molecule has 0 saturated heterocycles. The molecule has 5 nitrogen and oxygen atoms in total. The lowest BCUT2D eigenvalue weighted by molar-refractivity contribution is 0.395. The first kappa shape index (κ1) is 9.39. The molecule has 0 aliphatic heterocycles. The average Bonchev–Trinajstić information content (AvgIpc) is 2.30. The number of ether oxygens (including phenoxy) is 1. The maximum atomic E-state index is 11.5. The van der Waals surface area contributed by atoms with E-state index in [1.165, 1.54) is 30.1 Å². The molecule has 2 heterocycles. The zero-order chi connectivity index (χ0) is 10.7. The van der Waals surface area contributed by atoms with Crippen LogP contribution in [0.2, 0.25) is 0 Å². The van der Waals surface area contributed by atoms with Crippen LogP contribution in [0, 0.1) is 0 Å². The summed E-state index contributed by atoms with van der Waals surface area (Å²) in [5.74, 6) is 0.822. The van der Waals surface area contributed by atoms with Crippen LogP contribution in [0.1, 0.15) is 0 Å². The summed E-state index contributed by atoms with van der Waals surface area (Å²) in [6, 6.07) is 4.89. The number of nitrogens with zero attached hydrogens (tertiary/aromatic N) is 3. The molecule has 0 N–H and O–H groups in total. The number of aromatic nitrogens is 3. The van der Waals surface area contributed by atoms with E-state index >= 15 is 0 Å². The third-order valence-corrected chi connectivity index (χ3v) is 1.88. The fourth-order valence-corrected chi connectivity index (χ4v) is 1.17. The van der Waals surface area contributed by atoms with Gasteiger partial charge >= 0.3 is 0 Å². The fourth-order valence-electron chi connectivity index (χ4n) is 1.17. The van der Waals surface area contributed by atoms with Crippen LogP contribution in [0.25, 0.3) is 5.82 Å². The van der Waals surface area contributed by atoms with Crippen LogP contribution in [-0.2, 0) is 0 Å². The summed E-state index contributed by atoms with van der Waals surface area (Å²) in [4.78, 5) is 19.5. The number of hydrogen-bond donors (Lipinski definition) is 0. The molecule has 0 unspecified atom stereocenters. The highest BCUT2D eigenvalue weighted by molar-refractivity contribution is 5.22. The van der Waals surface area contributed by atoms with Gasteiger partial charge in [0.2, 0.25) is 5.88 Å². The summed E-state index contributed by atoms with van der Waals surface area (Å²) >= 11 is 0. The van der Waals surface area contributed by atoms with Gasteiger partial charge in [0.15, 0.2) is 5.82 Å². The molecule has 0 amide bonds. The van der Waals surface area contributed by atoms with Gasteiger partial charge in [-0.1, -0.05) is 6.07 Å². The minimum Gasteiger partial charge on any atom is -0.480 e. The van der Waals surface area contributed by atoms with Crippen LogP contribution < -0.4 is 10.3 Å². The lowest BCUT2D eigenvalue weighted by Gasteiger charge is -2.04. The van der Waals surface area contributed by atoms with Gasteiger partial charge < -0.3 is 4.74 Å². The Morgan fingerprint density at radius 3 is 2.93 bits per heavy atom. The molecular formula is C10H9N3O2. The van der Waals surface area contributed by atoms with Crippen molar-refractivity contribution in [3.63, 3.8) is 0 Å². The normalized spacial score (nSPS) is 9.93. The van der Waals surface area contributed by atoms with E-state index in [-0.39, 0.29) is 5.56 Å². The summed E-state index contributed by atoms with van der Waals surface area (Å²) in [7, 11) is 1.50. The minimum absolute atomic E-state index is 0.153. The highest BCUT2D eigenvalue weighted by Crippen LogP contribution is 2.06. The van der Waals surface area contributed by atoms with Crippen molar-refractivity contribution in [1.29, 1.82) is 0 Å². The molecule has 0 spiro atoms.